The normalized spacial score (nSPS) is 19.8. The van der Waals surface area contributed by atoms with E-state index in [0.717, 1.165) is 12.8 Å². The molecule has 2 fully saturated rings. The molecular formula is C21H30N2O5. The van der Waals surface area contributed by atoms with Crippen LogP contribution in [0, 0.1) is 11.8 Å². The molecule has 2 amide bonds. The van der Waals surface area contributed by atoms with Gasteiger partial charge in [-0.25, -0.2) is 0 Å². The molecule has 0 radical (unpaired) electrons. The van der Waals surface area contributed by atoms with Gasteiger partial charge in [-0.3, -0.25) is 14.4 Å². The third-order valence-electron chi connectivity index (χ3n) is 5.80. The fourth-order valence-corrected chi connectivity index (χ4v) is 3.98. The number of esters is 1. The van der Waals surface area contributed by atoms with Gasteiger partial charge in [0, 0.05) is 19.6 Å². The Bertz CT molecular complexity index is 658. The number of carbonyl (C=O) groups excluding carboxylic acids is 3. The van der Waals surface area contributed by atoms with Crippen molar-refractivity contribution >= 4 is 17.8 Å². The van der Waals surface area contributed by atoms with Crippen LogP contribution in [0.1, 0.15) is 62.4 Å². The van der Waals surface area contributed by atoms with Crippen LogP contribution in [0.2, 0.25) is 0 Å². The first kappa shape index (κ1) is 20.4. The Morgan fingerprint density at radius 1 is 1.18 bits per heavy atom. The zero-order chi connectivity index (χ0) is 19.9. The number of rotatable bonds is 6. The Balaban J connectivity index is 1.38. The van der Waals surface area contributed by atoms with Crippen molar-refractivity contribution < 1.29 is 23.5 Å². The lowest BCUT2D eigenvalue weighted by Gasteiger charge is -2.30. The van der Waals surface area contributed by atoms with Crippen LogP contribution in [-0.2, 0) is 14.3 Å². The van der Waals surface area contributed by atoms with Crippen molar-refractivity contribution in [2.45, 2.75) is 58.0 Å². The Morgan fingerprint density at radius 3 is 2.54 bits per heavy atom. The molecule has 1 saturated carbocycles. The predicted molar refractivity (Wildman–Crippen MR) is 102 cm³/mol. The van der Waals surface area contributed by atoms with Gasteiger partial charge in [0.05, 0.1) is 12.2 Å². The van der Waals surface area contributed by atoms with Crippen LogP contribution in [0.25, 0.3) is 0 Å². The average molecular weight is 390 g/mol. The van der Waals surface area contributed by atoms with E-state index in [0.29, 0.717) is 44.2 Å². The van der Waals surface area contributed by atoms with Crippen molar-refractivity contribution in [2.24, 2.45) is 11.8 Å². The summed E-state index contributed by atoms with van der Waals surface area (Å²) in [7, 11) is 0. The molecule has 0 bridgehead atoms. The average Bonchev–Trinajstić information content (AvgIpc) is 3.27. The van der Waals surface area contributed by atoms with Crippen LogP contribution < -0.4 is 5.32 Å². The van der Waals surface area contributed by atoms with E-state index in [1.165, 1.54) is 25.5 Å². The van der Waals surface area contributed by atoms with Crippen molar-refractivity contribution in [1.29, 1.82) is 0 Å². The molecule has 3 rings (SSSR count). The topological polar surface area (TPSA) is 88.8 Å². The molecule has 1 saturated heterocycles. The summed E-state index contributed by atoms with van der Waals surface area (Å²) in [6, 6.07) is 3.31. The highest BCUT2D eigenvalue weighted by Crippen LogP contribution is 2.23. The number of likely N-dealkylation sites (tertiary alicyclic amines) is 1. The molecular weight excluding hydrogens is 360 g/mol. The van der Waals surface area contributed by atoms with Crippen molar-refractivity contribution in [1.82, 2.24) is 10.2 Å². The second-order valence-electron chi connectivity index (χ2n) is 7.87. The Labute approximate surface area is 165 Å². The highest BCUT2D eigenvalue weighted by molar-refractivity contribution is 5.91. The van der Waals surface area contributed by atoms with E-state index in [1.807, 2.05) is 0 Å². The second-order valence-corrected chi connectivity index (χ2v) is 7.87. The van der Waals surface area contributed by atoms with E-state index in [4.69, 9.17) is 9.15 Å². The number of ether oxygens (including phenoxy) is 1. The van der Waals surface area contributed by atoms with Gasteiger partial charge in [0.1, 0.15) is 0 Å². The van der Waals surface area contributed by atoms with Gasteiger partial charge < -0.3 is 19.4 Å². The minimum atomic E-state index is -0.793. The first-order chi connectivity index (χ1) is 13.5. The summed E-state index contributed by atoms with van der Waals surface area (Å²) in [5.41, 5.74) is 0. The molecule has 1 aromatic heterocycles. The number of hydrogen-bond acceptors (Lipinski definition) is 5. The summed E-state index contributed by atoms with van der Waals surface area (Å²) < 4.78 is 10.5. The van der Waals surface area contributed by atoms with Gasteiger partial charge in [-0.05, 0) is 50.7 Å². The molecule has 1 atom stereocenters. The molecule has 1 aromatic rings. The van der Waals surface area contributed by atoms with Gasteiger partial charge in [-0.1, -0.05) is 19.3 Å². The molecule has 0 unspecified atom stereocenters. The molecule has 1 aliphatic carbocycles. The lowest BCUT2D eigenvalue weighted by atomic mass is 9.89. The Kier molecular flexibility index (Phi) is 7.12. The fraction of sp³-hybridized carbons (Fsp3) is 0.667. The molecule has 154 valence electrons. The monoisotopic (exact) mass is 390 g/mol. The largest absolute Gasteiger partial charge is 0.459 e. The number of hydrogen-bond donors (Lipinski definition) is 1. The van der Waals surface area contributed by atoms with E-state index < -0.39 is 6.10 Å². The molecule has 0 aromatic carbocycles. The molecule has 7 heteroatoms. The molecule has 7 nitrogen and oxygen atoms in total. The smallest absolute Gasteiger partial charge is 0.309 e. The zero-order valence-electron chi connectivity index (χ0n) is 16.5. The van der Waals surface area contributed by atoms with Gasteiger partial charge >= 0.3 is 5.97 Å². The van der Waals surface area contributed by atoms with E-state index in [9.17, 15) is 14.4 Å². The molecule has 2 aliphatic rings. The Hall–Kier alpha value is -2.31. The number of furan rings is 1. The highest BCUT2D eigenvalue weighted by atomic mass is 16.5. The second kappa shape index (κ2) is 9.75. The molecule has 1 N–H and O–H groups in total. The number of nitrogens with zero attached hydrogens (tertiary/aromatic N) is 1. The number of nitrogens with one attached hydrogen (secondary N) is 1. The third-order valence-corrected chi connectivity index (χ3v) is 5.80. The lowest BCUT2D eigenvalue weighted by Crippen LogP contribution is -2.43. The molecule has 0 spiro atoms. The first-order valence-electron chi connectivity index (χ1n) is 10.4. The summed E-state index contributed by atoms with van der Waals surface area (Å²) in [5.74, 6) is -0.183. The number of carbonyl (C=O) groups is 3. The maximum absolute atomic E-state index is 12.4. The van der Waals surface area contributed by atoms with Crippen LogP contribution in [-0.4, -0.2) is 48.4 Å². The summed E-state index contributed by atoms with van der Waals surface area (Å²) in [4.78, 5) is 38.6. The van der Waals surface area contributed by atoms with Crippen molar-refractivity contribution in [3.63, 3.8) is 0 Å². The van der Waals surface area contributed by atoms with E-state index in [2.05, 4.69) is 5.32 Å². The van der Waals surface area contributed by atoms with Crippen LogP contribution in [0.15, 0.2) is 22.8 Å². The zero-order valence-corrected chi connectivity index (χ0v) is 16.5. The van der Waals surface area contributed by atoms with E-state index >= 15 is 0 Å². The van der Waals surface area contributed by atoms with Crippen molar-refractivity contribution in [3.05, 3.63) is 24.2 Å². The minimum Gasteiger partial charge on any atom is -0.459 e. The number of piperidine rings is 1. The maximum atomic E-state index is 12.4. The van der Waals surface area contributed by atoms with Gasteiger partial charge in [-0.15, -0.1) is 0 Å². The van der Waals surface area contributed by atoms with E-state index in [-0.39, 0.29) is 23.7 Å². The van der Waals surface area contributed by atoms with Gasteiger partial charge in [-0.2, -0.15) is 0 Å². The maximum Gasteiger partial charge on any atom is 0.309 e. The SMILES string of the molecule is C[C@H](OC(=O)C1CCN(C(=O)c2ccco2)CC1)C(=O)NCC1CCCCC1. The van der Waals surface area contributed by atoms with Gasteiger partial charge in [0.15, 0.2) is 11.9 Å². The first-order valence-corrected chi connectivity index (χ1v) is 10.4. The minimum absolute atomic E-state index is 0.160. The summed E-state index contributed by atoms with van der Waals surface area (Å²) in [5, 5.41) is 2.92. The Morgan fingerprint density at radius 2 is 1.89 bits per heavy atom. The highest BCUT2D eigenvalue weighted by Gasteiger charge is 2.31. The lowest BCUT2D eigenvalue weighted by molar-refractivity contribution is -0.160. The third kappa shape index (κ3) is 5.36. The van der Waals surface area contributed by atoms with Crippen LogP contribution in [0.4, 0.5) is 0 Å². The summed E-state index contributed by atoms with van der Waals surface area (Å²) in [6.07, 6.45) is 7.79. The molecule has 2 heterocycles. The summed E-state index contributed by atoms with van der Waals surface area (Å²) >= 11 is 0. The van der Waals surface area contributed by atoms with Gasteiger partial charge in [0.2, 0.25) is 0 Å². The number of amides is 2. The molecule has 28 heavy (non-hydrogen) atoms. The standard InChI is InChI=1S/C21H30N2O5/c1-15(19(24)22-14-16-6-3-2-4-7-16)28-21(26)17-9-11-23(12-10-17)20(25)18-8-5-13-27-18/h5,8,13,15-17H,2-4,6-7,9-12,14H2,1H3,(H,22,24)/t15-/m0/s1. The van der Waals surface area contributed by atoms with Crippen LogP contribution in [0.3, 0.4) is 0 Å². The summed E-state index contributed by atoms with van der Waals surface area (Å²) in [6.45, 7) is 3.22. The van der Waals surface area contributed by atoms with E-state index in [1.54, 1.807) is 24.0 Å². The van der Waals surface area contributed by atoms with Gasteiger partial charge in [0.25, 0.3) is 11.8 Å². The quantitative estimate of drug-likeness (QED) is 0.755. The van der Waals surface area contributed by atoms with Crippen LogP contribution >= 0.6 is 0 Å². The predicted octanol–water partition coefficient (Wildman–Crippen LogP) is 2.76. The van der Waals surface area contributed by atoms with Crippen LogP contribution in [0.5, 0.6) is 0 Å². The van der Waals surface area contributed by atoms with Crippen molar-refractivity contribution in [2.75, 3.05) is 19.6 Å². The fourth-order valence-electron chi connectivity index (χ4n) is 3.98. The van der Waals surface area contributed by atoms with Crippen molar-refractivity contribution in [3.8, 4) is 0 Å². The molecule has 1 aliphatic heterocycles.